The van der Waals surface area contributed by atoms with Crippen molar-refractivity contribution in [2.24, 2.45) is 0 Å². The van der Waals surface area contributed by atoms with Crippen LogP contribution in [0.25, 0.3) is 10.9 Å². The van der Waals surface area contributed by atoms with E-state index in [9.17, 15) is 13.5 Å². The number of nitrogens with two attached hydrogens (primary N) is 1. The third kappa shape index (κ3) is 5.66. The summed E-state index contributed by atoms with van der Waals surface area (Å²) in [5, 5.41) is 21.9. The van der Waals surface area contributed by atoms with Gasteiger partial charge in [0.05, 0.1) is 16.5 Å². The molecule has 9 nitrogen and oxygen atoms in total. The summed E-state index contributed by atoms with van der Waals surface area (Å²) in [4.78, 5) is 0.107. The molecule has 0 spiro atoms. The summed E-state index contributed by atoms with van der Waals surface area (Å²) < 4.78 is 33.4. The van der Waals surface area contributed by atoms with E-state index >= 15 is 0 Å². The van der Waals surface area contributed by atoms with Gasteiger partial charge in [0, 0.05) is 41.6 Å². The minimum Gasteiger partial charge on any atom is -0.492 e. The highest BCUT2D eigenvalue weighted by Gasteiger charge is 2.15. The largest absolute Gasteiger partial charge is 0.492 e. The molecule has 10 heteroatoms. The highest BCUT2D eigenvalue weighted by Crippen LogP contribution is 2.22. The molecule has 0 amide bonds. The van der Waals surface area contributed by atoms with Crippen LogP contribution in [0.15, 0.2) is 71.6 Å². The minimum absolute atomic E-state index is 0.107. The fourth-order valence-electron chi connectivity index (χ4n) is 3.48. The average Bonchev–Trinajstić information content (AvgIpc) is 3.19. The Hall–Kier alpha value is -3.60. The third-order valence-corrected chi connectivity index (χ3v) is 6.71. The molecule has 0 saturated heterocycles. The molecule has 4 aromatic rings. The van der Waals surface area contributed by atoms with E-state index < -0.39 is 16.1 Å². The van der Waals surface area contributed by atoms with Crippen LogP contribution < -0.4 is 20.5 Å². The second-order valence-corrected chi connectivity index (χ2v) is 9.58. The molecular weight excluding hydrogens is 454 g/mol. The van der Waals surface area contributed by atoms with E-state index in [4.69, 9.17) is 10.5 Å². The minimum atomic E-state index is -3.76. The van der Waals surface area contributed by atoms with Gasteiger partial charge in [0.2, 0.25) is 0 Å². The SMILES string of the molecule is Cc1[nH]nc2cc(OCCNCC(O)c3cccc(NS(=O)(=O)c4ccc(N)cc4)c3)ccc12. The number of H-pyrrole nitrogens is 1. The summed E-state index contributed by atoms with van der Waals surface area (Å²) in [5.41, 5.74) is 8.92. The zero-order valence-corrected chi connectivity index (χ0v) is 19.5. The highest BCUT2D eigenvalue weighted by molar-refractivity contribution is 7.92. The van der Waals surface area contributed by atoms with Crippen LogP contribution in [0.2, 0.25) is 0 Å². The fraction of sp³-hybridized carbons (Fsp3) is 0.208. The second-order valence-electron chi connectivity index (χ2n) is 7.90. The molecule has 0 bridgehead atoms. The van der Waals surface area contributed by atoms with Gasteiger partial charge in [-0.15, -0.1) is 0 Å². The Bertz CT molecular complexity index is 1370. The predicted octanol–water partition coefficient (Wildman–Crippen LogP) is 2.96. The molecule has 1 heterocycles. The average molecular weight is 482 g/mol. The van der Waals surface area contributed by atoms with Crippen molar-refractivity contribution in [3.63, 3.8) is 0 Å². The molecule has 1 aromatic heterocycles. The van der Waals surface area contributed by atoms with Crippen molar-refractivity contribution in [2.75, 3.05) is 30.2 Å². The van der Waals surface area contributed by atoms with Gasteiger partial charge in [0.25, 0.3) is 10.0 Å². The number of hydrogen-bond donors (Lipinski definition) is 5. The number of fused-ring (bicyclic) bond motifs is 1. The van der Waals surface area contributed by atoms with Crippen LogP contribution in [-0.4, -0.2) is 43.4 Å². The Morgan fingerprint density at radius 1 is 1.12 bits per heavy atom. The molecule has 1 unspecified atom stereocenters. The van der Waals surface area contributed by atoms with Gasteiger partial charge in [0.15, 0.2) is 0 Å². The van der Waals surface area contributed by atoms with Gasteiger partial charge in [-0.2, -0.15) is 5.10 Å². The monoisotopic (exact) mass is 481 g/mol. The number of aromatic amines is 1. The van der Waals surface area contributed by atoms with Crippen molar-refractivity contribution < 1.29 is 18.3 Å². The molecular formula is C24H27N5O4S. The van der Waals surface area contributed by atoms with Crippen LogP contribution in [0, 0.1) is 6.92 Å². The van der Waals surface area contributed by atoms with Crippen molar-refractivity contribution in [1.29, 1.82) is 0 Å². The van der Waals surface area contributed by atoms with Gasteiger partial charge in [0.1, 0.15) is 12.4 Å². The van der Waals surface area contributed by atoms with Crippen molar-refractivity contribution in [3.8, 4) is 5.75 Å². The number of sulfonamides is 1. The first-order valence-electron chi connectivity index (χ1n) is 10.8. The lowest BCUT2D eigenvalue weighted by atomic mass is 10.1. The molecule has 6 N–H and O–H groups in total. The maximum absolute atomic E-state index is 12.6. The molecule has 0 aliphatic rings. The summed E-state index contributed by atoms with van der Waals surface area (Å²) in [5.74, 6) is 0.724. The van der Waals surface area contributed by atoms with Crippen LogP contribution in [0.4, 0.5) is 11.4 Å². The number of anilines is 2. The number of nitrogens with one attached hydrogen (secondary N) is 3. The van der Waals surface area contributed by atoms with Gasteiger partial charge in [-0.25, -0.2) is 8.42 Å². The van der Waals surface area contributed by atoms with Crippen molar-refractivity contribution in [2.45, 2.75) is 17.9 Å². The quantitative estimate of drug-likeness (QED) is 0.173. The van der Waals surface area contributed by atoms with Gasteiger partial charge < -0.3 is 20.9 Å². The highest BCUT2D eigenvalue weighted by atomic mass is 32.2. The summed E-state index contributed by atoms with van der Waals surface area (Å²) in [6.07, 6.45) is -0.815. The molecule has 0 aliphatic carbocycles. The molecule has 34 heavy (non-hydrogen) atoms. The number of nitrogen functional groups attached to an aromatic ring is 1. The normalized spacial score (nSPS) is 12.5. The van der Waals surface area contributed by atoms with Crippen LogP contribution in [-0.2, 0) is 10.0 Å². The number of aromatic nitrogens is 2. The topological polar surface area (TPSA) is 142 Å². The molecule has 178 valence electrons. The maximum atomic E-state index is 12.6. The molecule has 0 radical (unpaired) electrons. The standard InChI is InChI=1S/C24H27N5O4S/c1-16-22-10-7-20(14-23(22)28-27-16)33-12-11-26-15-24(30)17-3-2-4-19(13-17)29-34(31,32)21-8-5-18(25)6-9-21/h2-10,13-14,24,26,29-30H,11-12,15,25H2,1H3,(H,27,28). The molecule has 3 aromatic carbocycles. The van der Waals surface area contributed by atoms with E-state index in [1.165, 1.54) is 24.3 Å². The lowest BCUT2D eigenvalue weighted by Gasteiger charge is -2.15. The first kappa shape index (κ1) is 23.6. The van der Waals surface area contributed by atoms with Crippen molar-refractivity contribution in [1.82, 2.24) is 15.5 Å². The van der Waals surface area contributed by atoms with Gasteiger partial charge in [-0.05, 0) is 61.0 Å². The van der Waals surface area contributed by atoms with Gasteiger partial charge in [-0.1, -0.05) is 12.1 Å². The zero-order chi connectivity index (χ0) is 24.1. The Kier molecular flexibility index (Phi) is 7.01. The number of rotatable bonds is 10. The fourth-order valence-corrected chi connectivity index (χ4v) is 4.53. The number of aliphatic hydroxyl groups is 1. The number of hydrogen-bond acceptors (Lipinski definition) is 7. The number of nitrogens with zero attached hydrogens (tertiary/aromatic N) is 1. The Balaban J connectivity index is 1.27. The molecule has 0 saturated carbocycles. The van der Waals surface area contributed by atoms with E-state index in [0.29, 0.717) is 30.1 Å². The van der Waals surface area contributed by atoms with E-state index in [0.717, 1.165) is 22.3 Å². The number of benzene rings is 3. The predicted molar refractivity (Wildman–Crippen MR) is 132 cm³/mol. The maximum Gasteiger partial charge on any atom is 0.261 e. The Labute approximate surface area is 198 Å². The summed E-state index contributed by atoms with van der Waals surface area (Å²) in [6, 6.07) is 18.4. The van der Waals surface area contributed by atoms with Gasteiger partial charge >= 0.3 is 0 Å². The van der Waals surface area contributed by atoms with E-state index in [1.807, 2.05) is 25.1 Å². The molecule has 0 fully saturated rings. The first-order valence-corrected chi connectivity index (χ1v) is 12.2. The third-order valence-electron chi connectivity index (χ3n) is 5.32. The Morgan fingerprint density at radius 2 is 1.91 bits per heavy atom. The van der Waals surface area contributed by atoms with Crippen LogP contribution >= 0.6 is 0 Å². The second kappa shape index (κ2) is 10.1. The first-order chi connectivity index (χ1) is 16.3. The van der Waals surface area contributed by atoms with E-state index in [2.05, 4.69) is 20.2 Å². The zero-order valence-electron chi connectivity index (χ0n) is 18.7. The van der Waals surface area contributed by atoms with Crippen LogP contribution in [0.5, 0.6) is 5.75 Å². The smallest absolute Gasteiger partial charge is 0.261 e. The lowest BCUT2D eigenvalue weighted by molar-refractivity contribution is 0.172. The van der Waals surface area contributed by atoms with Crippen molar-refractivity contribution in [3.05, 3.63) is 78.0 Å². The molecule has 1 atom stereocenters. The number of ether oxygens (including phenoxy) is 1. The molecule has 0 aliphatic heterocycles. The van der Waals surface area contributed by atoms with E-state index in [-0.39, 0.29) is 11.4 Å². The lowest BCUT2D eigenvalue weighted by Crippen LogP contribution is -2.26. The summed E-state index contributed by atoms with van der Waals surface area (Å²) in [7, 11) is -3.76. The van der Waals surface area contributed by atoms with Crippen LogP contribution in [0.1, 0.15) is 17.4 Å². The number of aryl methyl sites for hydroxylation is 1. The summed E-state index contributed by atoms with van der Waals surface area (Å²) >= 11 is 0. The number of aliphatic hydroxyl groups excluding tert-OH is 1. The van der Waals surface area contributed by atoms with Gasteiger partial charge in [-0.3, -0.25) is 9.82 Å². The van der Waals surface area contributed by atoms with Crippen LogP contribution in [0.3, 0.4) is 0 Å². The summed E-state index contributed by atoms with van der Waals surface area (Å²) in [6.45, 7) is 3.20. The molecule has 4 rings (SSSR count). The van der Waals surface area contributed by atoms with E-state index in [1.54, 1.807) is 24.3 Å². The van der Waals surface area contributed by atoms with Crippen molar-refractivity contribution >= 4 is 32.3 Å². The Morgan fingerprint density at radius 3 is 2.71 bits per heavy atom.